The number of allylic oxidation sites excluding steroid dienone is 6. The third-order valence-electron chi connectivity index (χ3n) is 4.27. The van der Waals surface area contributed by atoms with Crippen LogP contribution in [0.5, 0.6) is 0 Å². The van der Waals surface area contributed by atoms with Crippen LogP contribution in [-0.4, -0.2) is 11.1 Å². The number of carboxylic acids is 1. The van der Waals surface area contributed by atoms with Crippen LogP contribution in [0, 0.1) is 11.8 Å². The van der Waals surface area contributed by atoms with E-state index in [9.17, 15) is 4.79 Å². The summed E-state index contributed by atoms with van der Waals surface area (Å²) in [5.74, 6) is 0.413. The summed E-state index contributed by atoms with van der Waals surface area (Å²) in [6.45, 7) is 2.24. The van der Waals surface area contributed by atoms with Crippen molar-refractivity contribution >= 4 is 5.97 Å². The summed E-state index contributed by atoms with van der Waals surface area (Å²) < 4.78 is 0. The first kappa shape index (κ1) is 18.7. The lowest BCUT2D eigenvalue weighted by atomic mass is 9.87. The molecule has 0 spiro atoms. The van der Waals surface area contributed by atoms with E-state index in [1.54, 1.807) is 0 Å². The number of hydrogen-bond acceptors (Lipinski definition) is 1. The molecule has 1 rings (SSSR count). The molecule has 2 unspecified atom stereocenters. The molecule has 22 heavy (non-hydrogen) atoms. The van der Waals surface area contributed by atoms with E-state index in [2.05, 4.69) is 43.4 Å². The molecule has 1 aliphatic carbocycles. The first-order chi connectivity index (χ1) is 10.7. The van der Waals surface area contributed by atoms with Gasteiger partial charge in [0.2, 0.25) is 0 Å². The van der Waals surface area contributed by atoms with Gasteiger partial charge >= 0.3 is 5.97 Å². The quantitative estimate of drug-likeness (QED) is 0.381. The largest absolute Gasteiger partial charge is 0.481 e. The van der Waals surface area contributed by atoms with Gasteiger partial charge in [-0.1, -0.05) is 69.1 Å². The van der Waals surface area contributed by atoms with Gasteiger partial charge in [0.25, 0.3) is 0 Å². The van der Waals surface area contributed by atoms with Crippen molar-refractivity contribution in [3.63, 3.8) is 0 Å². The minimum absolute atomic E-state index is 0.307. The molecule has 2 heteroatoms. The fourth-order valence-corrected chi connectivity index (χ4v) is 2.93. The normalized spacial score (nSPS) is 21.3. The minimum Gasteiger partial charge on any atom is -0.481 e. The summed E-state index contributed by atoms with van der Waals surface area (Å²) in [6.07, 6.45) is 24.5. The molecule has 0 fully saturated rings. The Morgan fingerprint density at radius 1 is 1.14 bits per heavy atom. The van der Waals surface area contributed by atoms with Crippen molar-refractivity contribution in [2.75, 3.05) is 0 Å². The highest BCUT2D eigenvalue weighted by Crippen LogP contribution is 2.26. The molecule has 1 N–H and O–H groups in total. The second-order valence-electron chi connectivity index (χ2n) is 6.25. The molecule has 0 aromatic rings. The first-order valence-electron chi connectivity index (χ1n) is 8.95. The van der Waals surface area contributed by atoms with E-state index in [4.69, 9.17) is 5.11 Å². The maximum absolute atomic E-state index is 10.5. The van der Waals surface area contributed by atoms with Crippen molar-refractivity contribution < 1.29 is 9.90 Å². The Labute approximate surface area is 136 Å². The second-order valence-corrected chi connectivity index (χ2v) is 6.25. The number of rotatable bonds is 11. The zero-order chi connectivity index (χ0) is 16.0. The minimum atomic E-state index is -0.676. The van der Waals surface area contributed by atoms with Gasteiger partial charge in [0, 0.05) is 12.3 Å². The second kappa shape index (κ2) is 12.3. The van der Waals surface area contributed by atoms with Crippen LogP contribution in [0.15, 0.2) is 36.5 Å². The van der Waals surface area contributed by atoms with Gasteiger partial charge in [-0.25, -0.2) is 0 Å². The van der Waals surface area contributed by atoms with Gasteiger partial charge in [-0.3, -0.25) is 4.79 Å². The Balaban J connectivity index is 2.35. The lowest BCUT2D eigenvalue weighted by Crippen LogP contribution is -2.08. The van der Waals surface area contributed by atoms with Crippen LogP contribution in [0.3, 0.4) is 0 Å². The van der Waals surface area contributed by atoms with E-state index < -0.39 is 5.97 Å². The SMILES string of the molecule is CCCCC/C=C/C1C=CCC=CC1CCCCCC(=O)O. The zero-order valence-electron chi connectivity index (χ0n) is 14.0. The molecule has 2 nitrogen and oxygen atoms in total. The maximum Gasteiger partial charge on any atom is 0.303 e. The molecule has 0 amide bonds. The standard InChI is InChI=1S/C20H32O2/c1-2-3-4-5-8-13-18-14-9-6-10-15-19(18)16-11-7-12-17-20(21)22/h8-10,13-15,18-19H,2-7,11-12,16-17H2,1H3,(H,21,22)/b13-8+. The molecule has 0 bridgehead atoms. The average Bonchev–Trinajstić information content (AvgIpc) is 2.72. The van der Waals surface area contributed by atoms with Gasteiger partial charge in [0.05, 0.1) is 0 Å². The summed E-state index contributed by atoms with van der Waals surface area (Å²) in [4.78, 5) is 10.5. The molecule has 0 heterocycles. The van der Waals surface area contributed by atoms with Gasteiger partial charge in [-0.05, 0) is 38.0 Å². The highest BCUT2D eigenvalue weighted by atomic mass is 16.4. The third-order valence-corrected chi connectivity index (χ3v) is 4.27. The number of carboxylic acid groups (broad SMARTS) is 1. The Kier molecular flexibility index (Phi) is 10.4. The maximum atomic E-state index is 10.5. The van der Waals surface area contributed by atoms with Gasteiger partial charge in [-0.2, -0.15) is 0 Å². The third kappa shape index (κ3) is 8.86. The average molecular weight is 304 g/mol. The molecule has 0 aromatic heterocycles. The van der Waals surface area contributed by atoms with E-state index in [1.165, 1.54) is 25.7 Å². The van der Waals surface area contributed by atoms with Crippen molar-refractivity contribution in [1.29, 1.82) is 0 Å². The van der Waals surface area contributed by atoms with Crippen LogP contribution in [0.1, 0.15) is 71.1 Å². The summed E-state index contributed by atoms with van der Waals surface area (Å²) in [6, 6.07) is 0. The number of carbonyl (C=O) groups is 1. The van der Waals surface area contributed by atoms with Crippen LogP contribution in [-0.2, 0) is 4.79 Å². The fourth-order valence-electron chi connectivity index (χ4n) is 2.93. The van der Waals surface area contributed by atoms with Gasteiger partial charge in [0.15, 0.2) is 0 Å². The highest BCUT2D eigenvalue weighted by Gasteiger charge is 2.14. The fraction of sp³-hybridized carbons (Fsp3) is 0.650. The smallest absolute Gasteiger partial charge is 0.303 e. The Morgan fingerprint density at radius 2 is 1.95 bits per heavy atom. The first-order valence-corrected chi connectivity index (χ1v) is 8.95. The number of hydrogen-bond donors (Lipinski definition) is 1. The van der Waals surface area contributed by atoms with Crippen molar-refractivity contribution in [3.8, 4) is 0 Å². The zero-order valence-corrected chi connectivity index (χ0v) is 14.0. The molecule has 0 radical (unpaired) electrons. The van der Waals surface area contributed by atoms with E-state index in [1.807, 2.05) is 0 Å². The highest BCUT2D eigenvalue weighted by molar-refractivity contribution is 5.66. The van der Waals surface area contributed by atoms with Gasteiger partial charge < -0.3 is 5.11 Å². The molecule has 0 aromatic carbocycles. The van der Waals surface area contributed by atoms with Crippen LogP contribution < -0.4 is 0 Å². The molecule has 0 saturated carbocycles. The number of unbranched alkanes of at least 4 members (excludes halogenated alkanes) is 5. The van der Waals surface area contributed by atoms with Gasteiger partial charge in [-0.15, -0.1) is 0 Å². The van der Waals surface area contributed by atoms with E-state index in [0.29, 0.717) is 18.3 Å². The lowest BCUT2D eigenvalue weighted by Gasteiger charge is -2.18. The van der Waals surface area contributed by atoms with E-state index in [-0.39, 0.29) is 0 Å². The topological polar surface area (TPSA) is 37.3 Å². The van der Waals surface area contributed by atoms with Gasteiger partial charge in [0.1, 0.15) is 0 Å². The molecule has 1 aliphatic rings. The molecule has 0 saturated heterocycles. The monoisotopic (exact) mass is 304 g/mol. The molecular weight excluding hydrogens is 272 g/mol. The molecule has 0 aliphatic heterocycles. The van der Waals surface area contributed by atoms with Crippen molar-refractivity contribution in [2.24, 2.45) is 11.8 Å². The van der Waals surface area contributed by atoms with Crippen molar-refractivity contribution in [3.05, 3.63) is 36.5 Å². The van der Waals surface area contributed by atoms with Crippen molar-refractivity contribution in [2.45, 2.75) is 71.1 Å². The van der Waals surface area contributed by atoms with Crippen LogP contribution >= 0.6 is 0 Å². The number of aliphatic carboxylic acids is 1. The summed E-state index contributed by atoms with van der Waals surface area (Å²) in [5, 5.41) is 8.67. The Morgan fingerprint density at radius 3 is 2.73 bits per heavy atom. The lowest BCUT2D eigenvalue weighted by molar-refractivity contribution is -0.137. The summed E-state index contributed by atoms with van der Waals surface area (Å²) >= 11 is 0. The molecule has 124 valence electrons. The van der Waals surface area contributed by atoms with Crippen molar-refractivity contribution in [1.82, 2.24) is 0 Å². The summed E-state index contributed by atoms with van der Waals surface area (Å²) in [5.41, 5.74) is 0. The molecular formula is C20H32O2. The summed E-state index contributed by atoms with van der Waals surface area (Å²) in [7, 11) is 0. The van der Waals surface area contributed by atoms with Crippen LogP contribution in [0.4, 0.5) is 0 Å². The molecule has 2 atom stereocenters. The van der Waals surface area contributed by atoms with Crippen LogP contribution in [0.25, 0.3) is 0 Å². The predicted octanol–water partition coefficient (Wildman–Crippen LogP) is 5.91. The van der Waals surface area contributed by atoms with E-state index >= 15 is 0 Å². The van der Waals surface area contributed by atoms with Crippen LogP contribution in [0.2, 0.25) is 0 Å². The Hall–Kier alpha value is -1.31. The van der Waals surface area contributed by atoms with E-state index in [0.717, 1.165) is 32.1 Å². The predicted molar refractivity (Wildman–Crippen MR) is 93.9 cm³/mol. The Bertz CT molecular complexity index is 379.